The fourth-order valence-electron chi connectivity index (χ4n) is 2.28. The van der Waals surface area contributed by atoms with Gasteiger partial charge in [0.25, 0.3) is 0 Å². The Hall–Kier alpha value is -3.53. The third-order valence-corrected chi connectivity index (χ3v) is 3.64. The van der Waals surface area contributed by atoms with E-state index < -0.39 is 29.1 Å². The quantitative estimate of drug-likeness (QED) is 0.208. The molecular weight excluding hydrogens is 375 g/mol. The molecule has 0 heterocycles. The van der Waals surface area contributed by atoms with Crippen LogP contribution in [0, 0.1) is 47.9 Å². The van der Waals surface area contributed by atoms with Crippen LogP contribution >= 0.6 is 0 Å². The summed E-state index contributed by atoms with van der Waals surface area (Å²) >= 11 is 0. The summed E-state index contributed by atoms with van der Waals surface area (Å²) in [4.78, 5) is 0. The van der Waals surface area contributed by atoms with E-state index in [9.17, 15) is 22.0 Å². The predicted octanol–water partition coefficient (Wildman–Crippen LogP) is 6.51. The van der Waals surface area contributed by atoms with Gasteiger partial charge >= 0.3 is 0 Å². The number of hydrogen-bond donors (Lipinski definition) is 0. The highest BCUT2D eigenvalue weighted by Crippen LogP contribution is 2.23. The van der Waals surface area contributed by atoms with Gasteiger partial charge in [-0.3, -0.25) is 0 Å². The molecule has 0 N–H and O–H groups in total. The van der Waals surface area contributed by atoms with E-state index in [1.807, 2.05) is 0 Å². The summed E-state index contributed by atoms with van der Waals surface area (Å²) in [7, 11) is 0. The molecule has 0 aromatic heterocycles. The Labute approximate surface area is 157 Å². The maximum absolute atomic E-state index is 13.8. The molecule has 0 atom stereocenters. The minimum absolute atomic E-state index is 0.189. The summed E-state index contributed by atoms with van der Waals surface area (Å²) in [5.41, 5.74) is 0.747. The summed E-state index contributed by atoms with van der Waals surface area (Å²) in [5.74, 6) is -0.706. The van der Waals surface area contributed by atoms with Crippen LogP contribution in [0.2, 0.25) is 0 Å². The van der Waals surface area contributed by atoms with Crippen LogP contribution in [0.15, 0.2) is 58.8 Å². The lowest BCUT2D eigenvalue weighted by Crippen LogP contribution is -1.91. The molecule has 0 fully saturated rings. The standard InChI is InChI=1S/C21H11F5N2/c1-12-8-17(22)16(18(23)9-12)7-4-13-2-5-14(6-3-13)27-28-15-10-19(24)21(26)20(25)11-15/h2-3,5-6,8-11H,1H3. The lowest BCUT2D eigenvalue weighted by Gasteiger charge is -1.99. The molecule has 0 aliphatic heterocycles. The number of benzene rings is 3. The summed E-state index contributed by atoms with van der Waals surface area (Å²) < 4.78 is 66.7. The smallest absolute Gasteiger partial charge is 0.194 e. The van der Waals surface area contributed by atoms with Gasteiger partial charge in [-0.25, -0.2) is 22.0 Å². The van der Waals surface area contributed by atoms with Crippen LogP contribution < -0.4 is 0 Å². The maximum Gasteiger partial charge on any atom is 0.194 e. The van der Waals surface area contributed by atoms with Gasteiger partial charge in [0.15, 0.2) is 17.5 Å². The van der Waals surface area contributed by atoms with Crippen LogP contribution in [-0.2, 0) is 0 Å². The van der Waals surface area contributed by atoms with Crippen molar-refractivity contribution in [3.05, 3.63) is 94.3 Å². The molecule has 0 aliphatic rings. The second-order valence-corrected chi connectivity index (χ2v) is 5.82. The van der Waals surface area contributed by atoms with Crippen molar-refractivity contribution in [1.82, 2.24) is 0 Å². The van der Waals surface area contributed by atoms with Crippen LogP contribution in [0.3, 0.4) is 0 Å². The summed E-state index contributed by atoms with van der Waals surface area (Å²) in [6.07, 6.45) is 0. The van der Waals surface area contributed by atoms with Gasteiger partial charge in [-0.2, -0.15) is 10.2 Å². The minimum Gasteiger partial charge on any atom is -0.206 e. The number of halogens is 5. The molecule has 3 aromatic rings. The fourth-order valence-corrected chi connectivity index (χ4v) is 2.28. The minimum atomic E-state index is -1.58. The van der Waals surface area contributed by atoms with Gasteiger partial charge < -0.3 is 0 Å². The summed E-state index contributed by atoms with van der Waals surface area (Å²) in [6, 6.07) is 9.90. The molecule has 0 aliphatic carbocycles. The van der Waals surface area contributed by atoms with Gasteiger partial charge in [-0.15, -0.1) is 0 Å². The molecule has 2 nitrogen and oxygen atoms in total. The summed E-state index contributed by atoms with van der Waals surface area (Å²) in [5, 5.41) is 7.42. The number of rotatable bonds is 2. The van der Waals surface area contributed by atoms with E-state index in [0.29, 0.717) is 28.9 Å². The van der Waals surface area contributed by atoms with Crippen LogP contribution in [0.5, 0.6) is 0 Å². The Bertz CT molecular complexity index is 1080. The molecule has 0 saturated carbocycles. The van der Waals surface area contributed by atoms with Gasteiger partial charge in [0.1, 0.15) is 11.6 Å². The van der Waals surface area contributed by atoms with E-state index in [2.05, 4.69) is 22.1 Å². The topological polar surface area (TPSA) is 24.7 Å². The third kappa shape index (κ3) is 4.41. The molecule has 0 saturated heterocycles. The predicted molar refractivity (Wildman–Crippen MR) is 94.0 cm³/mol. The molecule has 0 unspecified atom stereocenters. The van der Waals surface area contributed by atoms with Crippen LogP contribution in [0.1, 0.15) is 16.7 Å². The van der Waals surface area contributed by atoms with Crippen molar-refractivity contribution < 1.29 is 22.0 Å². The Morgan fingerprint density at radius 1 is 0.643 bits per heavy atom. The lowest BCUT2D eigenvalue weighted by atomic mass is 10.1. The molecule has 28 heavy (non-hydrogen) atoms. The van der Waals surface area contributed by atoms with Crippen molar-refractivity contribution in [3.8, 4) is 11.8 Å². The largest absolute Gasteiger partial charge is 0.206 e. The second-order valence-electron chi connectivity index (χ2n) is 5.82. The maximum atomic E-state index is 13.8. The van der Waals surface area contributed by atoms with Crippen molar-refractivity contribution in [3.63, 3.8) is 0 Å². The monoisotopic (exact) mass is 386 g/mol. The zero-order valence-electron chi connectivity index (χ0n) is 14.4. The average Bonchev–Trinajstić information content (AvgIpc) is 2.64. The number of nitrogens with zero attached hydrogens (tertiary/aromatic N) is 2. The Morgan fingerprint density at radius 3 is 1.75 bits per heavy atom. The molecular formula is C21H11F5N2. The van der Waals surface area contributed by atoms with Gasteiger partial charge in [0.05, 0.1) is 16.9 Å². The lowest BCUT2D eigenvalue weighted by molar-refractivity contribution is 0.447. The Morgan fingerprint density at radius 2 is 1.18 bits per heavy atom. The zero-order valence-corrected chi connectivity index (χ0v) is 14.4. The molecule has 140 valence electrons. The zero-order chi connectivity index (χ0) is 20.3. The highest BCUT2D eigenvalue weighted by atomic mass is 19.2. The average molecular weight is 386 g/mol. The Balaban J connectivity index is 1.78. The first-order chi connectivity index (χ1) is 13.3. The van der Waals surface area contributed by atoms with Gasteiger partial charge in [-0.05, 0) is 48.9 Å². The van der Waals surface area contributed by atoms with E-state index >= 15 is 0 Å². The Kier molecular flexibility index (Phi) is 5.50. The molecule has 0 spiro atoms. The normalized spacial score (nSPS) is 10.8. The van der Waals surface area contributed by atoms with Crippen LogP contribution in [-0.4, -0.2) is 0 Å². The molecule has 7 heteroatoms. The second kappa shape index (κ2) is 8.01. The SMILES string of the molecule is Cc1cc(F)c(C#Cc2ccc(N=Nc3cc(F)c(F)c(F)c3)cc2)c(F)c1. The molecule has 0 radical (unpaired) electrons. The first-order valence-electron chi connectivity index (χ1n) is 7.97. The van der Waals surface area contributed by atoms with E-state index in [1.165, 1.54) is 36.4 Å². The van der Waals surface area contributed by atoms with E-state index in [-0.39, 0.29) is 11.3 Å². The van der Waals surface area contributed by atoms with Crippen molar-refractivity contribution in [2.45, 2.75) is 6.92 Å². The fraction of sp³-hybridized carbons (Fsp3) is 0.0476. The number of hydrogen-bond acceptors (Lipinski definition) is 2. The first kappa shape index (κ1) is 19.2. The molecule has 0 amide bonds. The molecule has 3 aromatic carbocycles. The van der Waals surface area contributed by atoms with Crippen molar-refractivity contribution in [2.24, 2.45) is 10.2 Å². The first-order valence-corrected chi connectivity index (χ1v) is 7.97. The summed E-state index contributed by atoms with van der Waals surface area (Å²) in [6.45, 7) is 1.57. The highest BCUT2D eigenvalue weighted by Gasteiger charge is 2.10. The van der Waals surface area contributed by atoms with Crippen LogP contribution in [0.25, 0.3) is 0 Å². The van der Waals surface area contributed by atoms with Crippen molar-refractivity contribution in [1.29, 1.82) is 0 Å². The van der Waals surface area contributed by atoms with E-state index in [4.69, 9.17) is 0 Å². The van der Waals surface area contributed by atoms with Gasteiger partial charge in [0, 0.05) is 17.7 Å². The third-order valence-electron chi connectivity index (χ3n) is 3.64. The van der Waals surface area contributed by atoms with Crippen molar-refractivity contribution >= 4 is 11.4 Å². The van der Waals surface area contributed by atoms with E-state index in [0.717, 1.165) is 0 Å². The van der Waals surface area contributed by atoms with Crippen LogP contribution in [0.4, 0.5) is 33.3 Å². The van der Waals surface area contributed by atoms with Gasteiger partial charge in [0.2, 0.25) is 0 Å². The number of aryl methyl sites for hydroxylation is 1. The highest BCUT2D eigenvalue weighted by molar-refractivity contribution is 5.48. The van der Waals surface area contributed by atoms with Crippen molar-refractivity contribution in [2.75, 3.05) is 0 Å². The van der Waals surface area contributed by atoms with Gasteiger partial charge in [-0.1, -0.05) is 11.8 Å². The molecule has 0 bridgehead atoms. The van der Waals surface area contributed by atoms with E-state index in [1.54, 1.807) is 6.92 Å². The number of azo groups is 1. The molecule has 3 rings (SSSR count).